The van der Waals surface area contributed by atoms with Crippen molar-refractivity contribution in [1.82, 2.24) is 4.90 Å². The average molecular weight is 449 g/mol. The topological polar surface area (TPSA) is 135 Å². The predicted octanol–water partition coefficient (Wildman–Crippen LogP) is -0.145. The van der Waals surface area contributed by atoms with Crippen LogP contribution in [0, 0.1) is 11.8 Å². The summed E-state index contributed by atoms with van der Waals surface area (Å²) in [5.74, 6) is -2.56. The van der Waals surface area contributed by atoms with Crippen LogP contribution in [0.5, 0.6) is 5.75 Å². The Morgan fingerprint density at radius 2 is 1.85 bits per heavy atom. The van der Waals surface area contributed by atoms with E-state index in [9.17, 15) is 19.2 Å². The van der Waals surface area contributed by atoms with E-state index in [4.69, 9.17) is 10.5 Å². The molecule has 3 heterocycles. The minimum Gasteiger partial charge on any atom is -0.496 e. The number of likely N-dealkylation sites (tertiary alicyclic amines) is 1. The second-order valence-electron chi connectivity index (χ2n) is 8.78. The van der Waals surface area contributed by atoms with E-state index in [0.717, 1.165) is 0 Å². The lowest BCUT2D eigenvalue weighted by Gasteiger charge is -2.26. The highest BCUT2D eigenvalue weighted by Crippen LogP contribution is 2.49. The van der Waals surface area contributed by atoms with Gasteiger partial charge in [-0.05, 0) is 12.1 Å². The number of ether oxygens (including phenoxy) is 1. The molecular weight excluding hydrogens is 424 g/mol. The summed E-state index contributed by atoms with van der Waals surface area (Å²) < 4.78 is 5.39. The molecule has 3 aliphatic heterocycles. The summed E-state index contributed by atoms with van der Waals surface area (Å²) >= 11 is 0. The Morgan fingerprint density at radius 3 is 2.61 bits per heavy atom. The minimum atomic E-state index is -1.26. The zero-order valence-corrected chi connectivity index (χ0v) is 18.1. The highest BCUT2D eigenvalue weighted by Gasteiger charge is 2.74. The molecule has 1 spiro atoms. The molecule has 5 rings (SSSR count). The molecule has 0 aromatic heterocycles. The van der Waals surface area contributed by atoms with Crippen molar-refractivity contribution in [3.05, 3.63) is 59.7 Å². The number of hydrogen-bond acceptors (Lipinski definition) is 5. The number of hydrogen-bond donors (Lipinski definition) is 3. The van der Waals surface area contributed by atoms with E-state index in [2.05, 4.69) is 5.32 Å². The zero-order chi connectivity index (χ0) is 23.3. The third kappa shape index (κ3) is 3.03. The van der Waals surface area contributed by atoms with Gasteiger partial charge in [0.2, 0.25) is 23.3 Å². The van der Waals surface area contributed by atoms with Crippen LogP contribution in [0.1, 0.15) is 24.0 Å². The minimum absolute atomic E-state index is 0.0521. The Hall–Kier alpha value is -3.72. The Kier molecular flexibility index (Phi) is 4.93. The van der Waals surface area contributed by atoms with Gasteiger partial charge in [0.15, 0.2) is 0 Å². The van der Waals surface area contributed by atoms with Crippen molar-refractivity contribution in [2.45, 2.75) is 31.0 Å². The quantitative estimate of drug-likeness (QED) is 0.528. The van der Waals surface area contributed by atoms with Gasteiger partial charge >= 0.3 is 0 Å². The highest BCUT2D eigenvalue weighted by atomic mass is 16.5. The first-order valence-electron chi connectivity index (χ1n) is 10.9. The molecule has 3 aliphatic rings. The van der Waals surface area contributed by atoms with E-state index in [1.165, 1.54) is 12.0 Å². The third-order valence-corrected chi connectivity index (χ3v) is 7.11. The van der Waals surface area contributed by atoms with Gasteiger partial charge in [-0.2, -0.15) is 0 Å². The highest BCUT2D eigenvalue weighted by molar-refractivity contribution is 6.13. The number of benzene rings is 2. The van der Waals surface area contributed by atoms with Crippen molar-refractivity contribution in [3.8, 4) is 5.75 Å². The molecule has 0 unspecified atom stereocenters. The van der Waals surface area contributed by atoms with Crippen molar-refractivity contribution < 1.29 is 29.2 Å². The number of quaternary nitrogens is 1. The number of anilines is 1. The summed E-state index contributed by atoms with van der Waals surface area (Å²) in [6.45, 7) is 0.0521. The number of para-hydroxylation sites is 2. The van der Waals surface area contributed by atoms with Crippen LogP contribution in [-0.4, -0.2) is 41.7 Å². The van der Waals surface area contributed by atoms with Crippen LogP contribution in [0.25, 0.3) is 0 Å². The summed E-state index contributed by atoms with van der Waals surface area (Å²) in [4.78, 5) is 53.5. The van der Waals surface area contributed by atoms with Crippen LogP contribution < -0.4 is 21.1 Å². The van der Waals surface area contributed by atoms with Gasteiger partial charge in [-0.1, -0.05) is 36.4 Å². The SMILES string of the molecule is COc1ccccc1CN1C(=O)[C@H]2[C@H](CCC(N)=O)[NH2+][C@]3(C(=O)Nc4ccccc43)[C@H]2C1=O. The standard InChI is InChI=1S/C24H24N4O5/c1-33-17-9-5-2-6-13(17)12-28-21(30)19-16(10-11-18(25)29)27-24(20(19)22(28)31)14-7-3-4-8-15(14)26-23(24)32/h2-9,16,19-20,27H,10-12H2,1H3,(H2,25,29)(H,26,32)/p+1/t16-,19-,20+,24-/m0/s1. The zero-order valence-electron chi connectivity index (χ0n) is 18.1. The van der Waals surface area contributed by atoms with E-state index in [-0.39, 0.29) is 30.7 Å². The predicted molar refractivity (Wildman–Crippen MR) is 116 cm³/mol. The monoisotopic (exact) mass is 449 g/mol. The van der Waals surface area contributed by atoms with E-state index in [1.54, 1.807) is 18.2 Å². The normalized spacial score (nSPS) is 27.6. The second-order valence-corrected chi connectivity index (χ2v) is 8.78. The van der Waals surface area contributed by atoms with Gasteiger partial charge in [0.25, 0.3) is 5.91 Å². The van der Waals surface area contributed by atoms with Gasteiger partial charge in [0.1, 0.15) is 23.6 Å². The fourth-order valence-corrected chi connectivity index (χ4v) is 5.71. The maximum atomic E-state index is 13.8. The summed E-state index contributed by atoms with van der Waals surface area (Å²) in [5, 5.41) is 4.69. The molecule has 0 bridgehead atoms. The lowest BCUT2D eigenvalue weighted by atomic mass is 9.76. The van der Waals surface area contributed by atoms with Crippen LogP contribution >= 0.6 is 0 Å². The Labute approximate surface area is 190 Å². The first-order valence-corrected chi connectivity index (χ1v) is 10.9. The molecule has 4 atom stereocenters. The molecule has 0 aliphatic carbocycles. The molecule has 4 amide bonds. The van der Waals surface area contributed by atoms with Crippen molar-refractivity contribution in [3.63, 3.8) is 0 Å². The van der Waals surface area contributed by atoms with Crippen LogP contribution in [0.3, 0.4) is 0 Å². The fraction of sp³-hybridized carbons (Fsp3) is 0.333. The van der Waals surface area contributed by atoms with Gasteiger partial charge < -0.3 is 21.1 Å². The smallest absolute Gasteiger partial charge is 0.291 e. The van der Waals surface area contributed by atoms with Crippen LogP contribution in [-0.2, 0) is 31.3 Å². The molecule has 33 heavy (non-hydrogen) atoms. The van der Waals surface area contributed by atoms with Crippen molar-refractivity contribution in [2.24, 2.45) is 17.6 Å². The van der Waals surface area contributed by atoms with Crippen LogP contribution in [0.15, 0.2) is 48.5 Å². The van der Waals surface area contributed by atoms with E-state index in [1.807, 2.05) is 35.6 Å². The first kappa shape index (κ1) is 21.1. The first-order chi connectivity index (χ1) is 15.9. The van der Waals surface area contributed by atoms with Gasteiger partial charge in [-0.15, -0.1) is 0 Å². The fourth-order valence-electron chi connectivity index (χ4n) is 5.71. The number of primary amides is 1. The second kappa shape index (κ2) is 7.70. The van der Waals surface area contributed by atoms with Gasteiger partial charge in [0.05, 0.1) is 19.3 Å². The number of nitrogens with one attached hydrogen (secondary N) is 1. The van der Waals surface area contributed by atoms with Gasteiger partial charge in [-0.3, -0.25) is 24.1 Å². The largest absolute Gasteiger partial charge is 0.496 e. The Morgan fingerprint density at radius 1 is 1.12 bits per heavy atom. The number of carbonyl (C=O) groups is 4. The van der Waals surface area contributed by atoms with Crippen LogP contribution in [0.4, 0.5) is 5.69 Å². The number of carbonyl (C=O) groups excluding carboxylic acids is 4. The number of amides is 4. The maximum Gasteiger partial charge on any atom is 0.291 e. The van der Waals surface area contributed by atoms with Crippen molar-refractivity contribution in [1.29, 1.82) is 0 Å². The molecule has 2 aromatic rings. The third-order valence-electron chi connectivity index (χ3n) is 7.11. The number of fused-ring (bicyclic) bond motifs is 4. The number of nitrogens with zero attached hydrogens (tertiary/aromatic N) is 1. The van der Waals surface area contributed by atoms with E-state index in [0.29, 0.717) is 29.0 Å². The molecule has 9 heteroatoms. The molecule has 2 fully saturated rings. The lowest BCUT2D eigenvalue weighted by molar-refractivity contribution is -0.734. The molecule has 0 radical (unpaired) electrons. The molecule has 9 nitrogen and oxygen atoms in total. The molecule has 170 valence electrons. The number of nitrogens with two attached hydrogens (primary N) is 2. The Bertz CT molecular complexity index is 1180. The van der Waals surface area contributed by atoms with Gasteiger partial charge in [0, 0.05) is 24.0 Å². The van der Waals surface area contributed by atoms with E-state index >= 15 is 0 Å². The number of methoxy groups -OCH3 is 1. The maximum absolute atomic E-state index is 13.8. The average Bonchev–Trinajstić information content (AvgIpc) is 3.39. The number of rotatable bonds is 6. The van der Waals surface area contributed by atoms with E-state index < -0.39 is 29.3 Å². The lowest BCUT2D eigenvalue weighted by Crippen LogP contribution is -2.99. The summed E-state index contributed by atoms with van der Waals surface area (Å²) in [5.41, 5.74) is 6.13. The molecular formula is C24H25N4O5+. The summed E-state index contributed by atoms with van der Waals surface area (Å²) in [6, 6.07) is 14.0. The Balaban J connectivity index is 1.57. The molecule has 5 N–H and O–H groups in total. The van der Waals surface area contributed by atoms with Crippen LogP contribution in [0.2, 0.25) is 0 Å². The van der Waals surface area contributed by atoms with Crippen molar-refractivity contribution in [2.75, 3.05) is 12.4 Å². The number of imide groups is 1. The molecule has 0 saturated carbocycles. The molecule has 2 aromatic carbocycles. The van der Waals surface area contributed by atoms with Gasteiger partial charge in [-0.25, -0.2) is 0 Å². The van der Waals surface area contributed by atoms with Crippen molar-refractivity contribution >= 4 is 29.3 Å². The molecule has 2 saturated heterocycles. The summed E-state index contributed by atoms with van der Waals surface area (Å²) in [7, 11) is 1.53. The summed E-state index contributed by atoms with van der Waals surface area (Å²) in [6.07, 6.45) is 0.368.